The maximum atomic E-state index is 8.90. The van der Waals surface area contributed by atoms with Crippen LogP contribution >= 0.6 is 0 Å². The van der Waals surface area contributed by atoms with Crippen LogP contribution in [-0.2, 0) is 0 Å². The van der Waals surface area contributed by atoms with E-state index >= 15 is 0 Å². The zero-order valence-corrected chi connectivity index (χ0v) is 8.41. The van der Waals surface area contributed by atoms with Gasteiger partial charge in [-0.1, -0.05) is 6.42 Å². The zero-order chi connectivity index (χ0) is 9.52. The molecule has 1 aliphatic rings. The summed E-state index contributed by atoms with van der Waals surface area (Å²) in [5.41, 5.74) is 5.44. The average molecular weight is 186 g/mol. The third kappa shape index (κ3) is 3.63. The maximum absolute atomic E-state index is 8.90. The van der Waals surface area contributed by atoms with Gasteiger partial charge in [-0.2, -0.15) is 0 Å². The Hall–Kier alpha value is -0.120. The molecule has 0 aromatic rings. The second kappa shape index (κ2) is 6.35. The lowest BCUT2D eigenvalue weighted by Gasteiger charge is -2.37. The third-order valence-corrected chi connectivity index (χ3v) is 2.88. The molecule has 0 saturated heterocycles. The minimum atomic E-state index is 0.291. The van der Waals surface area contributed by atoms with E-state index in [1.165, 1.54) is 25.7 Å². The molecule has 0 spiro atoms. The van der Waals surface area contributed by atoms with E-state index in [2.05, 4.69) is 4.90 Å². The van der Waals surface area contributed by atoms with Crippen molar-refractivity contribution >= 4 is 0 Å². The molecule has 3 N–H and O–H groups in total. The summed E-state index contributed by atoms with van der Waals surface area (Å²) in [6.45, 7) is 3.04. The molecule has 0 aliphatic heterocycles. The lowest BCUT2D eigenvalue weighted by Crippen LogP contribution is -2.42. The highest BCUT2D eigenvalue weighted by atomic mass is 16.3. The minimum Gasteiger partial charge on any atom is -0.395 e. The molecule has 3 nitrogen and oxygen atoms in total. The number of unbranched alkanes of at least 4 members (excludes halogenated alkanes) is 1. The van der Waals surface area contributed by atoms with Gasteiger partial charge in [0.1, 0.15) is 0 Å². The number of hydrogen-bond acceptors (Lipinski definition) is 3. The summed E-state index contributed by atoms with van der Waals surface area (Å²) in [4.78, 5) is 2.42. The molecule has 0 unspecified atom stereocenters. The lowest BCUT2D eigenvalue weighted by molar-refractivity contribution is 0.0998. The van der Waals surface area contributed by atoms with Crippen LogP contribution in [-0.4, -0.2) is 42.3 Å². The highest BCUT2D eigenvalue weighted by Crippen LogP contribution is 2.24. The van der Waals surface area contributed by atoms with Crippen LogP contribution in [0.3, 0.4) is 0 Å². The molecule has 3 heteroatoms. The quantitative estimate of drug-likeness (QED) is 0.572. The van der Waals surface area contributed by atoms with E-state index < -0.39 is 0 Å². The smallest absolute Gasteiger partial charge is 0.0558 e. The van der Waals surface area contributed by atoms with E-state index in [4.69, 9.17) is 10.8 Å². The van der Waals surface area contributed by atoms with Gasteiger partial charge in [-0.25, -0.2) is 0 Å². The highest BCUT2D eigenvalue weighted by molar-refractivity contribution is 4.79. The van der Waals surface area contributed by atoms with Gasteiger partial charge >= 0.3 is 0 Å². The Bertz CT molecular complexity index is 126. The van der Waals surface area contributed by atoms with E-state index in [1.807, 2.05) is 0 Å². The van der Waals surface area contributed by atoms with Crippen molar-refractivity contribution in [2.24, 2.45) is 5.73 Å². The van der Waals surface area contributed by atoms with Gasteiger partial charge in [-0.05, 0) is 38.8 Å². The second-order valence-electron chi connectivity index (χ2n) is 3.84. The first-order chi connectivity index (χ1) is 6.38. The molecule has 0 amide bonds. The van der Waals surface area contributed by atoms with Crippen LogP contribution in [0.2, 0.25) is 0 Å². The van der Waals surface area contributed by atoms with Gasteiger partial charge in [-0.3, -0.25) is 4.90 Å². The van der Waals surface area contributed by atoms with Crippen molar-refractivity contribution < 1.29 is 5.11 Å². The SMILES string of the molecule is NCCCCN(CCO)C1CCC1. The monoisotopic (exact) mass is 186 g/mol. The predicted molar refractivity (Wildman–Crippen MR) is 54.6 cm³/mol. The van der Waals surface area contributed by atoms with Crippen LogP contribution in [0.25, 0.3) is 0 Å². The molecule has 0 heterocycles. The number of aliphatic hydroxyl groups is 1. The van der Waals surface area contributed by atoms with Gasteiger partial charge in [0, 0.05) is 12.6 Å². The molecule has 0 bridgehead atoms. The van der Waals surface area contributed by atoms with Crippen molar-refractivity contribution in [1.29, 1.82) is 0 Å². The van der Waals surface area contributed by atoms with E-state index in [-0.39, 0.29) is 0 Å². The molecule has 0 atom stereocenters. The van der Waals surface area contributed by atoms with Crippen LogP contribution in [0.4, 0.5) is 0 Å². The molecule has 1 aliphatic carbocycles. The van der Waals surface area contributed by atoms with Gasteiger partial charge in [0.15, 0.2) is 0 Å². The lowest BCUT2D eigenvalue weighted by atomic mass is 9.91. The molecule has 13 heavy (non-hydrogen) atoms. The topological polar surface area (TPSA) is 49.5 Å². The Morgan fingerprint density at radius 1 is 1.23 bits per heavy atom. The Kier molecular flexibility index (Phi) is 5.35. The molecule has 0 radical (unpaired) electrons. The van der Waals surface area contributed by atoms with Crippen LogP contribution in [0.1, 0.15) is 32.1 Å². The van der Waals surface area contributed by atoms with Crippen molar-refractivity contribution in [2.45, 2.75) is 38.1 Å². The van der Waals surface area contributed by atoms with Crippen molar-refractivity contribution in [3.8, 4) is 0 Å². The Labute approximate surface area is 80.9 Å². The van der Waals surface area contributed by atoms with Crippen molar-refractivity contribution in [3.05, 3.63) is 0 Å². The second-order valence-corrected chi connectivity index (χ2v) is 3.84. The van der Waals surface area contributed by atoms with E-state index in [1.54, 1.807) is 0 Å². The highest BCUT2D eigenvalue weighted by Gasteiger charge is 2.23. The third-order valence-electron chi connectivity index (χ3n) is 2.88. The molecule has 1 fully saturated rings. The van der Waals surface area contributed by atoms with Gasteiger partial charge < -0.3 is 10.8 Å². The fourth-order valence-corrected chi connectivity index (χ4v) is 1.82. The number of nitrogens with two attached hydrogens (primary N) is 1. The first-order valence-electron chi connectivity index (χ1n) is 5.43. The van der Waals surface area contributed by atoms with Crippen molar-refractivity contribution in [2.75, 3.05) is 26.2 Å². The summed E-state index contributed by atoms with van der Waals surface area (Å²) in [7, 11) is 0. The molecule has 78 valence electrons. The number of aliphatic hydroxyl groups excluding tert-OH is 1. The van der Waals surface area contributed by atoms with E-state index in [0.717, 1.165) is 32.1 Å². The van der Waals surface area contributed by atoms with Gasteiger partial charge in [0.2, 0.25) is 0 Å². The standard InChI is InChI=1S/C10H22N2O/c11-6-1-2-7-12(8-9-13)10-4-3-5-10/h10,13H,1-9,11H2. The first kappa shape index (κ1) is 11.0. The summed E-state index contributed by atoms with van der Waals surface area (Å²) in [6, 6.07) is 0.755. The number of rotatable bonds is 7. The van der Waals surface area contributed by atoms with Gasteiger partial charge in [0.05, 0.1) is 6.61 Å². The van der Waals surface area contributed by atoms with Crippen molar-refractivity contribution in [3.63, 3.8) is 0 Å². The Morgan fingerprint density at radius 2 is 2.00 bits per heavy atom. The average Bonchev–Trinajstić information content (AvgIpc) is 2.02. The fraction of sp³-hybridized carbons (Fsp3) is 1.00. The number of nitrogens with zero attached hydrogens (tertiary/aromatic N) is 1. The molecular formula is C10H22N2O. The minimum absolute atomic E-state index is 0.291. The first-order valence-corrected chi connectivity index (χ1v) is 5.43. The molecular weight excluding hydrogens is 164 g/mol. The largest absolute Gasteiger partial charge is 0.395 e. The van der Waals surface area contributed by atoms with Crippen LogP contribution < -0.4 is 5.73 Å². The Balaban J connectivity index is 2.12. The van der Waals surface area contributed by atoms with E-state index in [9.17, 15) is 0 Å². The molecule has 1 rings (SSSR count). The van der Waals surface area contributed by atoms with Crippen LogP contribution in [0.5, 0.6) is 0 Å². The summed E-state index contributed by atoms with van der Waals surface area (Å²) >= 11 is 0. The summed E-state index contributed by atoms with van der Waals surface area (Å²) in [5, 5.41) is 8.90. The van der Waals surface area contributed by atoms with E-state index in [0.29, 0.717) is 6.61 Å². The fourth-order valence-electron chi connectivity index (χ4n) is 1.82. The summed E-state index contributed by atoms with van der Waals surface area (Å²) in [6.07, 6.45) is 6.29. The zero-order valence-electron chi connectivity index (χ0n) is 8.41. The molecule has 0 aromatic heterocycles. The predicted octanol–water partition coefficient (Wildman–Crippen LogP) is 0.572. The summed E-state index contributed by atoms with van der Waals surface area (Å²) in [5.74, 6) is 0. The number of hydrogen-bond donors (Lipinski definition) is 2. The van der Waals surface area contributed by atoms with Gasteiger partial charge in [-0.15, -0.1) is 0 Å². The normalized spacial score (nSPS) is 17.8. The van der Waals surface area contributed by atoms with Crippen LogP contribution in [0, 0.1) is 0 Å². The molecule has 0 aromatic carbocycles. The van der Waals surface area contributed by atoms with Crippen molar-refractivity contribution in [1.82, 2.24) is 4.90 Å². The maximum Gasteiger partial charge on any atom is 0.0558 e. The molecule has 1 saturated carbocycles. The summed E-state index contributed by atoms with van der Waals surface area (Å²) < 4.78 is 0. The van der Waals surface area contributed by atoms with Crippen LogP contribution in [0.15, 0.2) is 0 Å². The Morgan fingerprint density at radius 3 is 2.46 bits per heavy atom. The van der Waals surface area contributed by atoms with Gasteiger partial charge in [0.25, 0.3) is 0 Å².